The van der Waals surface area contributed by atoms with E-state index >= 15 is 0 Å². The molecular formula is C17H12N2S. The fourth-order valence-corrected chi connectivity index (χ4v) is 3.44. The molecule has 0 aliphatic heterocycles. The molecule has 96 valence electrons. The molecule has 3 heterocycles. The molecule has 0 saturated heterocycles. The van der Waals surface area contributed by atoms with Gasteiger partial charge in [-0.3, -0.25) is 4.98 Å². The van der Waals surface area contributed by atoms with Crippen LogP contribution >= 0.6 is 11.3 Å². The molecular weight excluding hydrogens is 264 g/mol. The molecule has 0 aliphatic carbocycles. The molecule has 0 amide bonds. The van der Waals surface area contributed by atoms with E-state index in [0.29, 0.717) is 10.4 Å². The maximum atomic E-state index is 8.14. The van der Waals surface area contributed by atoms with Crippen LogP contribution in [-0.4, -0.2) is 9.97 Å². The largest absolute Gasteiger partial charge is 0.256 e. The van der Waals surface area contributed by atoms with Crippen molar-refractivity contribution >= 4 is 31.6 Å². The first-order chi connectivity index (χ1) is 12.3. The van der Waals surface area contributed by atoms with Crippen molar-refractivity contribution in [2.75, 3.05) is 0 Å². The highest BCUT2D eigenvalue weighted by Gasteiger charge is 2.11. The van der Waals surface area contributed by atoms with E-state index in [4.69, 9.17) is 8.22 Å². The number of benzene rings is 1. The van der Waals surface area contributed by atoms with Gasteiger partial charge in [-0.2, -0.15) is 0 Å². The van der Waals surface area contributed by atoms with E-state index in [-0.39, 0.29) is 29.6 Å². The van der Waals surface area contributed by atoms with Crippen LogP contribution in [0, 0.1) is 6.85 Å². The fourth-order valence-electron chi connectivity index (χ4n) is 2.25. The molecule has 2 nitrogen and oxygen atoms in total. The molecule has 0 saturated carbocycles. The van der Waals surface area contributed by atoms with Gasteiger partial charge in [-0.15, -0.1) is 11.3 Å². The number of pyridine rings is 2. The molecule has 0 unspecified atom stereocenters. The molecule has 0 bridgehead atoms. The summed E-state index contributed by atoms with van der Waals surface area (Å²) in [4.78, 5) is 9.02. The van der Waals surface area contributed by atoms with Gasteiger partial charge in [-0.05, 0) is 31.1 Å². The molecule has 1 aromatic carbocycles. The molecule has 20 heavy (non-hydrogen) atoms. The van der Waals surface area contributed by atoms with Gasteiger partial charge >= 0.3 is 0 Å². The first-order valence-electron chi connectivity index (χ1n) is 9.03. The molecule has 0 fully saturated rings. The van der Waals surface area contributed by atoms with Crippen LogP contribution in [0.4, 0.5) is 0 Å². The van der Waals surface area contributed by atoms with E-state index in [9.17, 15) is 0 Å². The molecule has 0 aliphatic rings. The van der Waals surface area contributed by atoms with Crippen LogP contribution in [0.1, 0.15) is 13.9 Å². The Morgan fingerprint density at radius 1 is 1.15 bits per heavy atom. The number of hydrogen-bond donors (Lipinski definition) is 0. The zero-order chi connectivity index (χ0) is 18.6. The molecule has 0 atom stereocenters. The topological polar surface area (TPSA) is 25.8 Å². The molecule has 3 aromatic heterocycles. The minimum Gasteiger partial charge on any atom is -0.256 e. The summed E-state index contributed by atoms with van der Waals surface area (Å²) in [5.74, 6) is 0. The van der Waals surface area contributed by atoms with Gasteiger partial charge < -0.3 is 0 Å². The lowest BCUT2D eigenvalue weighted by Crippen LogP contribution is -1.81. The zero-order valence-electron chi connectivity index (χ0n) is 16.3. The lowest BCUT2D eigenvalue weighted by molar-refractivity contribution is 1.27. The van der Waals surface area contributed by atoms with Crippen LogP contribution in [0.25, 0.3) is 31.6 Å². The van der Waals surface area contributed by atoms with E-state index in [1.807, 2.05) is 12.1 Å². The van der Waals surface area contributed by atoms with Crippen molar-refractivity contribution in [2.45, 2.75) is 6.85 Å². The lowest BCUT2D eigenvalue weighted by atomic mass is 10.1. The Bertz CT molecular complexity index is 1170. The number of rotatable bonds is 1. The summed E-state index contributed by atoms with van der Waals surface area (Å²) >= 11 is 1.33. The monoisotopic (exact) mass is 282 g/mol. The van der Waals surface area contributed by atoms with Crippen LogP contribution in [0.15, 0.2) is 54.7 Å². The van der Waals surface area contributed by atoms with Crippen molar-refractivity contribution in [1.82, 2.24) is 9.97 Å². The van der Waals surface area contributed by atoms with Crippen LogP contribution in [0.5, 0.6) is 0 Å². The fraction of sp³-hybridized carbons (Fsp3) is 0.0588. The Balaban J connectivity index is 2.04. The summed E-state index contributed by atoms with van der Waals surface area (Å²) in [5, 5.41) is 1.72. The maximum Gasteiger partial charge on any atom is 0.124 e. The van der Waals surface area contributed by atoms with Crippen LogP contribution < -0.4 is 0 Å². The SMILES string of the molecule is [2H]c1cc([2H])c([2H])c(-c2cccc3c2sc2nc(C([2H])([2H])[2H])ccc23)n1. The highest BCUT2D eigenvalue weighted by atomic mass is 32.1. The Kier molecular flexibility index (Phi) is 1.53. The van der Waals surface area contributed by atoms with Crippen molar-refractivity contribution in [1.29, 1.82) is 0 Å². The smallest absolute Gasteiger partial charge is 0.124 e. The summed E-state index contributed by atoms with van der Waals surface area (Å²) in [7, 11) is 0. The maximum absolute atomic E-state index is 8.14. The lowest BCUT2D eigenvalue weighted by Gasteiger charge is -2.01. The zero-order valence-corrected chi connectivity index (χ0v) is 11.1. The van der Waals surface area contributed by atoms with Crippen LogP contribution in [-0.2, 0) is 0 Å². The highest BCUT2D eigenvalue weighted by molar-refractivity contribution is 7.26. The third-order valence-electron chi connectivity index (χ3n) is 3.12. The van der Waals surface area contributed by atoms with Crippen molar-refractivity contribution < 1.29 is 8.22 Å². The second kappa shape index (κ2) is 4.39. The third-order valence-corrected chi connectivity index (χ3v) is 4.27. The number of thiophene rings is 1. The Labute approximate surface area is 129 Å². The number of hydrogen-bond acceptors (Lipinski definition) is 3. The van der Waals surface area contributed by atoms with Crippen LogP contribution in [0.2, 0.25) is 0 Å². The Morgan fingerprint density at radius 2 is 2.15 bits per heavy atom. The summed E-state index contributed by atoms with van der Waals surface area (Å²) in [6.07, 6.45) is -0.0677. The van der Waals surface area contributed by atoms with E-state index in [0.717, 1.165) is 15.5 Å². The summed E-state index contributed by atoms with van der Waals surface area (Å²) in [6.45, 7) is -2.28. The number of aryl methyl sites for hydroxylation is 1. The standard InChI is InChI=1S/C17H12N2S/c1-11-8-9-13-12-5-4-6-14(15-7-2-3-10-18-15)16(12)20-17(13)19-11/h2-10H,1H3/i1D3,2D,7D,10D. The quantitative estimate of drug-likeness (QED) is 0.500. The number of nitrogens with zero attached hydrogens (tertiary/aromatic N) is 2. The van der Waals surface area contributed by atoms with Gasteiger partial charge in [0, 0.05) is 37.0 Å². The van der Waals surface area contributed by atoms with Gasteiger partial charge in [0.2, 0.25) is 0 Å². The first-order valence-corrected chi connectivity index (χ1v) is 6.85. The predicted molar refractivity (Wildman–Crippen MR) is 85.1 cm³/mol. The summed E-state index contributed by atoms with van der Waals surface area (Å²) in [5.41, 5.74) is 0.961. The van der Waals surface area contributed by atoms with E-state index in [1.165, 1.54) is 23.5 Å². The molecule has 4 aromatic rings. The second-order valence-corrected chi connectivity index (χ2v) is 5.34. The third kappa shape index (κ3) is 1.71. The second-order valence-electron chi connectivity index (χ2n) is 4.34. The van der Waals surface area contributed by atoms with E-state index in [2.05, 4.69) is 9.97 Å². The van der Waals surface area contributed by atoms with Gasteiger partial charge in [0.25, 0.3) is 0 Å². The Hall–Kier alpha value is -2.26. The van der Waals surface area contributed by atoms with Crippen molar-refractivity contribution in [3.63, 3.8) is 0 Å². The van der Waals surface area contributed by atoms with E-state index in [1.54, 1.807) is 12.1 Å². The molecule has 0 radical (unpaired) electrons. The van der Waals surface area contributed by atoms with Gasteiger partial charge in [-0.25, -0.2) is 4.98 Å². The predicted octanol–water partition coefficient (Wildman–Crippen LogP) is 4.82. The average Bonchev–Trinajstić information content (AvgIpc) is 2.95. The summed E-state index contributed by atoms with van der Waals surface area (Å²) in [6, 6.07) is 9.92. The number of fused-ring (bicyclic) bond motifs is 3. The van der Waals surface area contributed by atoms with Crippen molar-refractivity contribution in [3.05, 3.63) is 60.3 Å². The number of aromatic nitrogens is 2. The molecule has 3 heteroatoms. The first kappa shape index (κ1) is 6.95. The van der Waals surface area contributed by atoms with Gasteiger partial charge in [-0.1, -0.05) is 24.2 Å². The Morgan fingerprint density at radius 3 is 3.10 bits per heavy atom. The van der Waals surface area contributed by atoms with Gasteiger partial charge in [0.15, 0.2) is 0 Å². The van der Waals surface area contributed by atoms with Crippen molar-refractivity contribution in [3.8, 4) is 11.3 Å². The van der Waals surface area contributed by atoms with Gasteiger partial charge in [0.1, 0.15) is 4.83 Å². The minimum atomic E-state index is -2.28. The van der Waals surface area contributed by atoms with E-state index < -0.39 is 6.85 Å². The normalized spacial score (nSPS) is 16.2. The van der Waals surface area contributed by atoms with Crippen LogP contribution in [0.3, 0.4) is 0 Å². The van der Waals surface area contributed by atoms with Crippen molar-refractivity contribution in [2.24, 2.45) is 0 Å². The summed E-state index contributed by atoms with van der Waals surface area (Å²) < 4.78 is 47.1. The molecule has 0 N–H and O–H groups in total. The minimum absolute atomic E-state index is 0.0397. The average molecular weight is 282 g/mol. The highest BCUT2D eigenvalue weighted by Crippen LogP contribution is 2.38. The molecule has 4 rings (SSSR count). The molecule has 0 spiro atoms. The van der Waals surface area contributed by atoms with Gasteiger partial charge in [0.05, 0.1) is 9.81 Å².